The molecule has 1 aromatic carbocycles. The van der Waals surface area contributed by atoms with Gasteiger partial charge in [0.2, 0.25) is 11.9 Å². The molecule has 0 bridgehead atoms. The molecular formula is C22H29ClN6O. The number of carbonyl (C=O) groups excluding carboxylic acids is 1. The first kappa shape index (κ1) is 20.9. The van der Waals surface area contributed by atoms with Gasteiger partial charge in [-0.05, 0) is 55.5 Å². The first-order valence-electron chi connectivity index (χ1n) is 10.7. The standard InChI is InChI=1S/C22H29ClN6O/c1-2-29-10-8-14-6-7-16(12-15(14)9-11-29)26-22-25-13-18(23)21(28-22)27-19-5-3-4-17(19)20(24)30/h6-7,12-13,17,19H,2-5,8-11H2,1H3,(H2,24,30)(H2,25,26,27,28)/t17-,19+/m1/s1. The number of fused-ring (bicyclic) bond motifs is 1. The molecule has 1 aliphatic carbocycles. The molecule has 1 aliphatic heterocycles. The van der Waals surface area contributed by atoms with E-state index < -0.39 is 0 Å². The third kappa shape index (κ3) is 4.68. The van der Waals surface area contributed by atoms with Gasteiger partial charge in [0, 0.05) is 24.8 Å². The second-order valence-electron chi connectivity index (χ2n) is 8.12. The van der Waals surface area contributed by atoms with Crippen LogP contribution in [-0.2, 0) is 17.6 Å². The number of halogens is 1. The topological polar surface area (TPSA) is 96.2 Å². The van der Waals surface area contributed by atoms with Crippen LogP contribution in [0.4, 0.5) is 17.5 Å². The van der Waals surface area contributed by atoms with Gasteiger partial charge < -0.3 is 21.3 Å². The van der Waals surface area contributed by atoms with Gasteiger partial charge >= 0.3 is 0 Å². The highest BCUT2D eigenvalue weighted by Gasteiger charge is 2.32. The minimum atomic E-state index is -0.278. The molecule has 8 heteroatoms. The first-order valence-corrected chi connectivity index (χ1v) is 11.1. The van der Waals surface area contributed by atoms with E-state index in [1.54, 1.807) is 6.20 Å². The van der Waals surface area contributed by atoms with Gasteiger partial charge in [-0.1, -0.05) is 31.0 Å². The number of amides is 1. The largest absolute Gasteiger partial charge is 0.369 e. The number of nitrogens with two attached hydrogens (primary N) is 1. The third-order valence-corrected chi connectivity index (χ3v) is 6.53. The van der Waals surface area contributed by atoms with Crippen molar-refractivity contribution >= 4 is 35.0 Å². The summed E-state index contributed by atoms with van der Waals surface area (Å²) in [5.74, 6) is 0.528. The normalized spacial score (nSPS) is 21.7. The first-order chi connectivity index (χ1) is 14.5. The summed E-state index contributed by atoms with van der Waals surface area (Å²) in [6.45, 7) is 5.49. The SMILES string of the molecule is CCN1CCc2ccc(Nc3ncc(Cl)c(N[C@H]4CCC[C@H]4C(N)=O)n3)cc2CC1. The van der Waals surface area contributed by atoms with Crippen LogP contribution >= 0.6 is 11.6 Å². The van der Waals surface area contributed by atoms with Crippen molar-refractivity contribution in [2.45, 2.75) is 45.1 Å². The molecular weight excluding hydrogens is 400 g/mol. The summed E-state index contributed by atoms with van der Waals surface area (Å²) in [5, 5.41) is 7.03. The van der Waals surface area contributed by atoms with Gasteiger partial charge in [-0.25, -0.2) is 4.98 Å². The Balaban J connectivity index is 1.49. The molecule has 2 heterocycles. The molecule has 2 aromatic rings. The van der Waals surface area contributed by atoms with Gasteiger partial charge in [-0.2, -0.15) is 4.98 Å². The fourth-order valence-electron chi connectivity index (χ4n) is 4.47. The molecule has 4 rings (SSSR count). The van der Waals surface area contributed by atoms with Crippen molar-refractivity contribution in [2.24, 2.45) is 11.7 Å². The monoisotopic (exact) mass is 428 g/mol. The Kier molecular flexibility index (Phi) is 6.39. The number of primary amides is 1. The second kappa shape index (κ2) is 9.18. The Labute approximate surface area is 182 Å². The maximum atomic E-state index is 11.7. The number of benzene rings is 1. The molecule has 0 spiro atoms. The number of anilines is 3. The lowest BCUT2D eigenvalue weighted by Crippen LogP contribution is -2.34. The van der Waals surface area contributed by atoms with E-state index in [-0.39, 0.29) is 17.9 Å². The molecule has 0 radical (unpaired) electrons. The number of likely N-dealkylation sites (N-methyl/N-ethyl adjacent to an activating group) is 1. The van der Waals surface area contributed by atoms with Crippen molar-refractivity contribution < 1.29 is 4.79 Å². The smallest absolute Gasteiger partial charge is 0.229 e. The average Bonchev–Trinajstić information content (AvgIpc) is 3.10. The number of nitrogens with one attached hydrogen (secondary N) is 2. The van der Waals surface area contributed by atoms with Crippen molar-refractivity contribution in [1.82, 2.24) is 14.9 Å². The fraction of sp³-hybridized carbons (Fsp3) is 0.500. The van der Waals surface area contributed by atoms with Crippen LogP contribution < -0.4 is 16.4 Å². The van der Waals surface area contributed by atoms with Crippen molar-refractivity contribution in [3.63, 3.8) is 0 Å². The average molecular weight is 429 g/mol. The Morgan fingerprint density at radius 2 is 2.07 bits per heavy atom. The molecule has 0 saturated heterocycles. The Hall–Kier alpha value is -2.38. The van der Waals surface area contributed by atoms with Gasteiger partial charge in [0.15, 0.2) is 5.82 Å². The fourth-order valence-corrected chi connectivity index (χ4v) is 4.62. The van der Waals surface area contributed by atoms with E-state index in [9.17, 15) is 4.79 Å². The molecule has 1 fully saturated rings. The quantitative estimate of drug-likeness (QED) is 0.652. The predicted molar refractivity (Wildman–Crippen MR) is 120 cm³/mol. The van der Waals surface area contributed by atoms with Crippen LogP contribution in [0.3, 0.4) is 0 Å². The van der Waals surface area contributed by atoms with Crippen LogP contribution in [-0.4, -0.2) is 46.5 Å². The number of carbonyl (C=O) groups is 1. The van der Waals surface area contributed by atoms with Crippen molar-refractivity contribution in [2.75, 3.05) is 30.3 Å². The van der Waals surface area contributed by atoms with Gasteiger partial charge in [-0.3, -0.25) is 4.79 Å². The zero-order valence-electron chi connectivity index (χ0n) is 17.3. The molecule has 7 nitrogen and oxygen atoms in total. The van der Waals surface area contributed by atoms with Gasteiger partial charge in [0.1, 0.15) is 5.02 Å². The molecule has 0 unspecified atom stereocenters. The minimum absolute atomic E-state index is 0.0447. The number of nitrogens with zero attached hydrogens (tertiary/aromatic N) is 3. The van der Waals surface area contributed by atoms with Crippen LogP contribution in [0.1, 0.15) is 37.3 Å². The highest BCUT2D eigenvalue weighted by atomic mass is 35.5. The van der Waals surface area contributed by atoms with E-state index in [0.29, 0.717) is 16.8 Å². The van der Waals surface area contributed by atoms with Crippen LogP contribution in [0.5, 0.6) is 0 Å². The Bertz CT molecular complexity index is 920. The highest BCUT2D eigenvalue weighted by Crippen LogP contribution is 2.31. The van der Waals surface area contributed by atoms with Crippen molar-refractivity contribution in [3.05, 3.63) is 40.5 Å². The summed E-state index contributed by atoms with van der Waals surface area (Å²) in [7, 11) is 0. The number of hydrogen-bond acceptors (Lipinski definition) is 6. The molecule has 1 aromatic heterocycles. The van der Waals surface area contributed by atoms with Gasteiger partial charge in [0.25, 0.3) is 0 Å². The summed E-state index contributed by atoms with van der Waals surface area (Å²) in [4.78, 5) is 23.0. The molecule has 160 valence electrons. The lowest BCUT2D eigenvalue weighted by atomic mass is 10.0. The van der Waals surface area contributed by atoms with E-state index in [1.807, 2.05) is 0 Å². The van der Waals surface area contributed by atoms with Crippen molar-refractivity contribution in [1.29, 1.82) is 0 Å². The van der Waals surface area contributed by atoms with E-state index in [1.165, 1.54) is 11.1 Å². The predicted octanol–water partition coefficient (Wildman–Crippen LogP) is 3.36. The molecule has 2 atom stereocenters. The maximum Gasteiger partial charge on any atom is 0.229 e. The third-order valence-electron chi connectivity index (χ3n) is 6.25. The molecule has 2 aliphatic rings. The number of aromatic nitrogens is 2. The summed E-state index contributed by atoms with van der Waals surface area (Å²) in [5.41, 5.74) is 9.28. The van der Waals surface area contributed by atoms with Gasteiger partial charge in [-0.15, -0.1) is 0 Å². The summed E-state index contributed by atoms with van der Waals surface area (Å²) in [6, 6.07) is 6.42. The second-order valence-corrected chi connectivity index (χ2v) is 8.53. The lowest BCUT2D eigenvalue weighted by Gasteiger charge is -2.20. The molecule has 30 heavy (non-hydrogen) atoms. The number of rotatable bonds is 6. The zero-order valence-corrected chi connectivity index (χ0v) is 18.1. The van der Waals surface area contributed by atoms with E-state index in [4.69, 9.17) is 17.3 Å². The van der Waals surface area contributed by atoms with Crippen LogP contribution in [0.25, 0.3) is 0 Å². The van der Waals surface area contributed by atoms with E-state index >= 15 is 0 Å². The van der Waals surface area contributed by atoms with E-state index in [0.717, 1.165) is 57.4 Å². The summed E-state index contributed by atoms with van der Waals surface area (Å²) in [6.07, 6.45) is 6.34. The zero-order chi connectivity index (χ0) is 21.1. The van der Waals surface area contributed by atoms with E-state index in [2.05, 4.69) is 50.6 Å². The number of hydrogen-bond donors (Lipinski definition) is 3. The maximum absolute atomic E-state index is 11.7. The van der Waals surface area contributed by atoms with Crippen LogP contribution in [0.2, 0.25) is 5.02 Å². The summed E-state index contributed by atoms with van der Waals surface area (Å²) < 4.78 is 0. The highest BCUT2D eigenvalue weighted by molar-refractivity contribution is 6.32. The molecule has 4 N–H and O–H groups in total. The van der Waals surface area contributed by atoms with Gasteiger partial charge in [0.05, 0.1) is 12.1 Å². The lowest BCUT2D eigenvalue weighted by molar-refractivity contribution is -0.121. The Morgan fingerprint density at radius 3 is 2.83 bits per heavy atom. The summed E-state index contributed by atoms with van der Waals surface area (Å²) >= 11 is 6.31. The van der Waals surface area contributed by atoms with Crippen LogP contribution in [0, 0.1) is 5.92 Å². The molecule has 1 saturated carbocycles. The Morgan fingerprint density at radius 1 is 1.27 bits per heavy atom. The molecule has 1 amide bonds. The van der Waals surface area contributed by atoms with Crippen molar-refractivity contribution in [3.8, 4) is 0 Å². The minimum Gasteiger partial charge on any atom is -0.369 e. The van der Waals surface area contributed by atoms with Crippen LogP contribution in [0.15, 0.2) is 24.4 Å².